The van der Waals surface area contributed by atoms with Gasteiger partial charge in [0.2, 0.25) is 5.78 Å². The second-order valence-electron chi connectivity index (χ2n) is 5.54. The Bertz CT molecular complexity index is 1050. The Balaban J connectivity index is 1.80. The van der Waals surface area contributed by atoms with E-state index < -0.39 is 0 Å². The van der Waals surface area contributed by atoms with Crippen molar-refractivity contribution in [1.82, 2.24) is 14.0 Å². The van der Waals surface area contributed by atoms with Crippen LogP contribution in [0.1, 0.15) is 0 Å². The molecule has 0 saturated carbocycles. The largest absolute Gasteiger partial charge is 0.313 e. The smallest absolute Gasteiger partial charge is 0.214 e. The second-order valence-corrected chi connectivity index (χ2v) is 7.27. The maximum Gasteiger partial charge on any atom is 0.214 e. The minimum absolute atomic E-state index is 0.545. The van der Waals surface area contributed by atoms with Crippen LogP contribution in [0, 0.1) is 0 Å². The summed E-state index contributed by atoms with van der Waals surface area (Å²) in [6, 6.07) is 13.8. The van der Waals surface area contributed by atoms with E-state index >= 15 is 0 Å². The minimum atomic E-state index is 0.545. The van der Waals surface area contributed by atoms with Crippen molar-refractivity contribution < 1.29 is 0 Å². The predicted molar refractivity (Wildman–Crippen MR) is 103 cm³/mol. The van der Waals surface area contributed by atoms with Crippen molar-refractivity contribution >= 4 is 44.9 Å². The van der Waals surface area contributed by atoms with Crippen molar-refractivity contribution in [2.45, 2.75) is 0 Å². The number of fused-ring (bicyclic) bond motifs is 1. The highest BCUT2D eigenvalue weighted by Gasteiger charge is 2.13. The van der Waals surface area contributed by atoms with Crippen LogP contribution in [0.3, 0.4) is 0 Å². The average Bonchev–Trinajstić information content (AvgIpc) is 3.11. The van der Waals surface area contributed by atoms with Gasteiger partial charge in [-0.15, -0.1) is 0 Å². The van der Waals surface area contributed by atoms with Crippen molar-refractivity contribution in [2.24, 2.45) is 7.05 Å². The number of hydrogen-bond acceptors (Lipinski definition) is 1. The van der Waals surface area contributed by atoms with Crippen LogP contribution in [0.2, 0.25) is 10.0 Å². The van der Waals surface area contributed by atoms with Gasteiger partial charge in [0.25, 0.3) is 0 Å². The molecule has 0 aliphatic rings. The highest BCUT2D eigenvalue weighted by Crippen LogP contribution is 2.30. The van der Waals surface area contributed by atoms with Crippen molar-refractivity contribution in [3.05, 3.63) is 69.4 Å². The molecule has 3 nitrogen and oxygen atoms in total. The summed E-state index contributed by atoms with van der Waals surface area (Å²) in [5.41, 5.74) is 4.05. The molecule has 0 aliphatic heterocycles. The minimum Gasteiger partial charge on any atom is -0.313 e. The van der Waals surface area contributed by atoms with Gasteiger partial charge in [-0.2, -0.15) is 0 Å². The van der Waals surface area contributed by atoms with Gasteiger partial charge in [0, 0.05) is 35.0 Å². The van der Waals surface area contributed by atoms with Gasteiger partial charge in [-0.05, 0) is 24.3 Å². The monoisotopic (exact) mass is 419 g/mol. The molecule has 0 fully saturated rings. The topological polar surface area (TPSA) is 22.2 Å². The highest BCUT2D eigenvalue weighted by molar-refractivity contribution is 9.10. The summed E-state index contributed by atoms with van der Waals surface area (Å²) in [6.45, 7) is 0. The van der Waals surface area contributed by atoms with Gasteiger partial charge in [-0.25, -0.2) is 4.98 Å². The van der Waals surface area contributed by atoms with Crippen molar-refractivity contribution in [2.75, 3.05) is 0 Å². The lowest BCUT2D eigenvalue weighted by molar-refractivity contribution is 0.945. The van der Waals surface area contributed by atoms with Crippen LogP contribution in [0.5, 0.6) is 0 Å². The Labute approximate surface area is 157 Å². The van der Waals surface area contributed by atoms with Gasteiger partial charge in [0.15, 0.2) is 0 Å². The Hall–Kier alpha value is -1.75. The maximum absolute atomic E-state index is 6.14. The molecule has 0 spiro atoms. The van der Waals surface area contributed by atoms with E-state index in [0.717, 1.165) is 32.8 Å². The maximum atomic E-state index is 6.14. The van der Waals surface area contributed by atoms with E-state index in [1.54, 1.807) is 0 Å². The lowest BCUT2D eigenvalue weighted by Gasteiger charge is -2.04. The van der Waals surface area contributed by atoms with Crippen LogP contribution in [-0.2, 0) is 7.05 Å². The summed E-state index contributed by atoms with van der Waals surface area (Å²) in [5.74, 6) is 0.869. The summed E-state index contributed by atoms with van der Waals surface area (Å²) < 4.78 is 5.12. The molecule has 0 bridgehead atoms. The van der Waals surface area contributed by atoms with E-state index in [-0.39, 0.29) is 0 Å². The zero-order chi connectivity index (χ0) is 16.8. The third-order valence-electron chi connectivity index (χ3n) is 3.99. The van der Waals surface area contributed by atoms with Gasteiger partial charge in [0.05, 0.1) is 21.4 Å². The van der Waals surface area contributed by atoms with Crippen molar-refractivity contribution in [3.8, 4) is 22.5 Å². The summed E-state index contributed by atoms with van der Waals surface area (Å²) in [4.78, 5) is 4.75. The number of benzene rings is 2. The second kappa shape index (κ2) is 5.96. The fourth-order valence-electron chi connectivity index (χ4n) is 2.74. The predicted octanol–water partition coefficient (Wildman–Crippen LogP) is 6.08. The van der Waals surface area contributed by atoms with Gasteiger partial charge < -0.3 is 4.57 Å². The third kappa shape index (κ3) is 2.65. The summed E-state index contributed by atoms with van der Waals surface area (Å²) in [6.07, 6.45) is 4.07. The molecular weight excluding hydrogens is 409 g/mol. The van der Waals surface area contributed by atoms with Crippen LogP contribution >= 0.6 is 39.1 Å². The van der Waals surface area contributed by atoms with E-state index in [1.165, 1.54) is 0 Å². The summed E-state index contributed by atoms with van der Waals surface area (Å²) in [7, 11) is 1.99. The van der Waals surface area contributed by atoms with Gasteiger partial charge >= 0.3 is 0 Å². The van der Waals surface area contributed by atoms with Crippen LogP contribution in [0.15, 0.2) is 59.3 Å². The van der Waals surface area contributed by atoms with Crippen LogP contribution in [-0.4, -0.2) is 14.0 Å². The summed E-state index contributed by atoms with van der Waals surface area (Å²) >= 11 is 15.6. The molecule has 2 heterocycles. The Morgan fingerprint density at radius 1 is 0.917 bits per heavy atom. The molecule has 2 aromatic heterocycles. The molecule has 120 valence electrons. The van der Waals surface area contributed by atoms with Gasteiger partial charge in [0.1, 0.15) is 0 Å². The lowest BCUT2D eigenvalue weighted by Crippen LogP contribution is -1.92. The number of aromatic nitrogens is 3. The number of nitrogens with zero attached hydrogens (tertiary/aromatic N) is 3. The fourth-order valence-corrected chi connectivity index (χ4v) is 3.30. The quantitative estimate of drug-likeness (QED) is 0.385. The Morgan fingerprint density at radius 3 is 2.29 bits per heavy atom. The zero-order valence-electron chi connectivity index (χ0n) is 12.7. The van der Waals surface area contributed by atoms with Crippen LogP contribution < -0.4 is 0 Å². The van der Waals surface area contributed by atoms with Gasteiger partial charge in [-0.3, -0.25) is 4.40 Å². The average molecular weight is 421 g/mol. The first-order valence-electron chi connectivity index (χ1n) is 7.29. The summed E-state index contributed by atoms with van der Waals surface area (Å²) in [5, 5.41) is 1.10. The van der Waals surface area contributed by atoms with Gasteiger partial charge in [-0.1, -0.05) is 57.3 Å². The van der Waals surface area contributed by atoms with E-state index in [0.29, 0.717) is 10.0 Å². The molecule has 0 N–H and O–H groups in total. The highest BCUT2D eigenvalue weighted by atomic mass is 79.9. The zero-order valence-corrected chi connectivity index (χ0v) is 15.8. The SMILES string of the molecule is Cn1c(-c2ccc(Cl)c(Cl)c2)cn2cc(-c3ccc(Br)cc3)nc12. The molecule has 4 aromatic rings. The number of aryl methyl sites for hydroxylation is 1. The molecule has 2 aromatic carbocycles. The molecule has 0 radical (unpaired) electrons. The van der Waals surface area contributed by atoms with Crippen molar-refractivity contribution in [1.29, 1.82) is 0 Å². The first-order valence-corrected chi connectivity index (χ1v) is 8.83. The normalized spacial score (nSPS) is 11.3. The number of halogens is 3. The van der Waals surface area contributed by atoms with E-state index in [2.05, 4.69) is 15.9 Å². The Kier molecular flexibility index (Phi) is 3.91. The molecule has 0 unspecified atom stereocenters. The van der Waals surface area contributed by atoms with E-state index in [9.17, 15) is 0 Å². The molecule has 6 heteroatoms. The fraction of sp³-hybridized carbons (Fsp3) is 0.0556. The van der Waals surface area contributed by atoms with Crippen LogP contribution in [0.4, 0.5) is 0 Å². The molecular formula is C18H12BrCl2N3. The van der Waals surface area contributed by atoms with Crippen molar-refractivity contribution in [3.63, 3.8) is 0 Å². The number of hydrogen-bond donors (Lipinski definition) is 0. The Morgan fingerprint density at radius 2 is 1.62 bits per heavy atom. The third-order valence-corrected chi connectivity index (χ3v) is 5.26. The standard InChI is InChI=1S/C18H12BrCl2N3/c1-23-17(12-4-7-14(20)15(21)8-12)10-24-9-16(22-18(23)24)11-2-5-13(19)6-3-11/h2-10H,1H3. The first-order chi connectivity index (χ1) is 11.5. The molecule has 4 rings (SSSR count). The molecule has 24 heavy (non-hydrogen) atoms. The molecule has 0 amide bonds. The molecule has 0 aliphatic carbocycles. The van der Waals surface area contributed by atoms with E-state index in [1.807, 2.05) is 70.9 Å². The first kappa shape index (κ1) is 15.8. The van der Waals surface area contributed by atoms with E-state index in [4.69, 9.17) is 28.2 Å². The number of rotatable bonds is 2. The van der Waals surface area contributed by atoms with Crippen LogP contribution in [0.25, 0.3) is 28.3 Å². The number of imidazole rings is 2. The lowest BCUT2D eigenvalue weighted by atomic mass is 10.1. The molecule has 0 atom stereocenters. The molecule has 0 saturated heterocycles.